The van der Waals surface area contributed by atoms with Crippen LogP contribution in [0.1, 0.15) is 32.3 Å². The van der Waals surface area contributed by atoms with Crippen molar-refractivity contribution < 1.29 is 13.6 Å². The number of carbonyl (C=O) groups is 1. The maximum atomic E-state index is 13.5. The van der Waals surface area contributed by atoms with Crippen LogP contribution in [0.4, 0.5) is 14.5 Å². The molecular formula is C23H32F2N6O. The van der Waals surface area contributed by atoms with Gasteiger partial charge < -0.3 is 9.80 Å². The molecule has 2 aromatic rings. The van der Waals surface area contributed by atoms with Crippen LogP contribution in [0, 0.1) is 5.92 Å². The quantitative estimate of drug-likeness (QED) is 0.524. The van der Waals surface area contributed by atoms with Gasteiger partial charge in [0, 0.05) is 68.1 Å². The Kier molecular flexibility index (Phi) is 6.60. The van der Waals surface area contributed by atoms with Gasteiger partial charge in [-0.15, -0.1) is 0 Å². The molecule has 2 saturated heterocycles. The van der Waals surface area contributed by atoms with Crippen LogP contribution in [-0.2, 0) is 4.79 Å². The third-order valence-corrected chi connectivity index (χ3v) is 6.94. The first-order valence-corrected chi connectivity index (χ1v) is 11.2. The molecule has 1 aromatic carbocycles. The fourth-order valence-corrected chi connectivity index (χ4v) is 4.99. The summed E-state index contributed by atoms with van der Waals surface area (Å²) in [4.78, 5) is 23.6. The number of aromatic nitrogens is 1. The lowest BCUT2D eigenvalue weighted by Gasteiger charge is -2.46. The van der Waals surface area contributed by atoms with Gasteiger partial charge in [-0.1, -0.05) is 6.92 Å². The zero-order valence-electron chi connectivity index (χ0n) is 18.8. The summed E-state index contributed by atoms with van der Waals surface area (Å²) in [5.74, 6) is 5.93. The van der Waals surface area contributed by atoms with Crippen molar-refractivity contribution in [3.8, 4) is 0 Å². The van der Waals surface area contributed by atoms with Crippen LogP contribution in [0.15, 0.2) is 30.5 Å². The number of likely N-dealkylation sites (N-methyl/N-ethyl adjacent to an activating group) is 1. The molecule has 9 heteroatoms. The second-order valence-electron chi connectivity index (χ2n) is 9.22. The summed E-state index contributed by atoms with van der Waals surface area (Å²) in [5.41, 5.74) is 3.93. The molecule has 3 heterocycles. The molecule has 0 radical (unpaired) electrons. The van der Waals surface area contributed by atoms with Crippen LogP contribution in [-0.4, -0.2) is 72.0 Å². The van der Waals surface area contributed by atoms with Crippen molar-refractivity contribution in [1.82, 2.24) is 20.2 Å². The van der Waals surface area contributed by atoms with Crippen molar-refractivity contribution in [3.63, 3.8) is 0 Å². The van der Waals surface area contributed by atoms with Gasteiger partial charge in [-0.3, -0.25) is 25.9 Å². The minimum atomic E-state index is -2.57. The second kappa shape index (κ2) is 9.25. The fraction of sp³-hybridized carbons (Fsp3) is 0.565. The molecule has 1 amide bonds. The number of nitrogens with two attached hydrogens (primary N) is 1. The number of carbonyl (C=O) groups excluding carboxylic acids is 1. The van der Waals surface area contributed by atoms with Crippen LogP contribution < -0.4 is 16.2 Å². The molecule has 1 unspecified atom stereocenters. The largest absolute Gasteiger partial charge is 0.369 e. The van der Waals surface area contributed by atoms with Crippen molar-refractivity contribution in [2.24, 2.45) is 11.8 Å². The fourth-order valence-electron chi connectivity index (χ4n) is 4.99. The zero-order chi connectivity index (χ0) is 23.0. The van der Waals surface area contributed by atoms with Gasteiger partial charge in [0.1, 0.15) is 0 Å². The van der Waals surface area contributed by atoms with E-state index in [9.17, 15) is 13.6 Å². The number of likely N-dealkylation sites (tertiary alicyclic amines) is 1. The monoisotopic (exact) mass is 446 g/mol. The van der Waals surface area contributed by atoms with Crippen molar-refractivity contribution >= 4 is 22.5 Å². The number of halogens is 2. The van der Waals surface area contributed by atoms with E-state index in [1.165, 1.54) is 6.07 Å². The van der Waals surface area contributed by atoms with Crippen LogP contribution >= 0.6 is 0 Å². The molecule has 2 aliphatic heterocycles. The Morgan fingerprint density at radius 1 is 1.25 bits per heavy atom. The topological polar surface area (TPSA) is 77.7 Å². The molecule has 0 saturated carbocycles. The molecule has 1 aromatic heterocycles. The van der Waals surface area contributed by atoms with E-state index in [0.717, 1.165) is 37.1 Å². The van der Waals surface area contributed by atoms with E-state index in [-0.39, 0.29) is 29.6 Å². The van der Waals surface area contributed by atoms with Crippen LogP contribution in [0.3, 0.4) is 0 Å². The predicted molar refractivity (Wildman–Crippen MR) is 121 cm³/mol. The van der Waals surface area contributed by atoms with Gasteiger partial charge in [-0.25, -0.2) is 8.78 Å². The number of benzene rings is 1. The molecule has 3 atom stereocenters. The summed E-state index contributed by atoms with van der Waals surface area (Å²) in [5, 5.41) is 0.724. The maximum Gasteiger partial charge on any atom is 0.265 e. The number of fused-ring (bicyclic) bond motifs is 1. The van der Waals surface area contributed by atoms with Gasteiger partial charge in [0.05, 0.1) is 11.6 Å². The lowest BCUT2D eigenvalue weighted by Crippen LogP contribution is -2.65. The number of hydrogen-bond acceptors (Lipinski definition) is 6. The number of hydrazine groups is 1. The number of hydrogen-bond donors (Lipinski definition) is 2. The van der Waals surface area contributed by atoms with E-state index >= 15 is 0 Å². The van der Waals surface area contributed by atoms with Gasteiger partial charge in [-0.05, 0) is 43.5 Å². The SMILES string of the molecule is CC(C(=O)N(C)[C@@H]1C[C@H](C)CN(c2ccc(C(F)F)c3ncccc23)C1)N1CC(NN)C1. The summed E-state index contributed by atoms with van der Waals surface area (Å²) >= 11 is 0. The summed E-state index contributed by atoms with van der Waals surface area (Å²) < 4.78 is 27.0. The second-order valence-corrected chi connectivity index (χ2v) is 9.22. The minimum Gasteiger partial charge on any atom is -0.369 e. The average molecular weight is 447 g/mol. The number of piperidine rings is 1. The van der Waals surface area contributed by atoms with Crippen molar-refractivity contribution in [1.29, 1.82) is 0 Å². The Hall–Kier alpha value is -2.36. The van der Waals surface area contributed by atoms with E-state index < -0.39 is 6.43 Å². The predicted octanol–water partition coefficient (Wildman–Crippen LogP) is 2.38. The van der Waals surface area contributed by atoms with Crippen LogP contribution in [0.5, 0.6) is 0 Å². The number of alkyl halides is 2. The molecule has 7 nitrogen and oxygen atoms in total. The van der Waals surface area contributed by atoms with Crippen molar-refractivity contribution in [2.75, 3.05) is 38.1 Å². The number of anilines is 1. The smallest absolute Gasteiger partial charge is 0.265 e. The summed E-state index contributed by atoms with van der Waals surface area (Å²) in [6.07, 6.45) is -0.118. The first-order valence-electron chi connectivity index (χ1n) is 11.2. The highest BCUT2D eigenvalue weighted by Crippen LogP contribution is 2.35. The summed E-state index contributed by atoms with van der Waals surface area (Å²) in [6, 6.07) is 6.95. The number of amides is 1. The average Bonchev–Trinajstić information content (AvgIpc) is 2.75. The molecule has 32 heavy (non-hydrogen) atoms. The van der Waals surface area contributed by atoms with Crippen LogP contribution in [0.25, 0.3) is 10.9 Å². The number of rotatable bonds is 6. The molecule has 4 rings (SSSR count). The minimum absolute atomic E-state index is 0.0416. The molecule has 0 bridgehead atoms. The molecule has 2 aliphatic rings. The standard InChI is InChI=1S/C23H32F2N6O/c1-14-9-17(29(3)23(32)15(2)30-11-16(12-30)28-26)13-31(10-14)20-7-6-19(22(24)25)21-18(20)5-4-8-27-21/h4-8,14-17,22,28H,9-13,26H2,1-3H3/t14-,15?,17+/m0/s1. The first kappa shape index (κ1) is 22.8. The molecule has 174 valence electrons. The highest BCUT2D eigenvalue weighted by molar-refractivity contribution is 5.94. The maximum absolute atomic E-state index is 13.5. The molecule has 2 fully saturated rings. The zero-order valence-corrected chi connectivity index (χ0v) is 18.8. The highest BCUT2D eigenvalue weighted by atomic mass is 19.3. The Morgan fingerprint density at radius 3 is 2.69 bits per heavy atom. The van der Waals surface area contributed by atoms with Gasteiger partial charge >= 0.3 is 0 Å². The molecule has 3 N–H and O–H groups in total. The van der Waals surface area contributed by atoms with Gasteiger partial charge in [0.25, 0.3) is 6.43 Å². The number of nitrogens with one attached hydrogen (secondary N) is 1. The number of pyridine rings is 1. The lowest BCUT2D eigenvalue weighted by atomic mass is 9.93. The van der Waals surface area contributed by atoms with Crippen molar-refractivity contribution in [3.05, 3.63) is 36.0 Å². The third-order valence-electron chi connectivity index (χ3n) is 6.94. The van der Waals surface area contributed by atoms with E-state index in [2.05, 4.69) is 27.1 Å². The third kappa shape index (κ3) is 4.29. The first-order chi connectivity index (χ1) is 15.3. The van der Waals surface area contributed by atoms with E-state index in [4.69, 9.17) is 5.84 Å². The van der Waals surface area contributed by atoms with Crippen LogP contribution in [0.2, 0.25) is 0 Å². The highest BCUT2D eigenvalue weighted by Gasteiger charge is 2.37. The van der Waals surface area contributed by atoms with E-state index in [0.29, 0.717) is 18.0 Å². The Labute approximate surface area is 187 Å². The van der Waals surface area contributed by atoms with Gasteiger partial charge in [0.2, 0.25) is 5.91 Å². The Balaban J connectivity index is 1.54. The van der Waals surface area contributed by atoms with Gasteiger partial charge in [0.15, 0.2) is 0 Å². The van der Waals surface area contributed by atoms with Crippen molar-refractivity contribution in [2.45, 2.75) is 44.8 Å². The summed E-state index contributed by atoms with van der Waals surface area (Å²) in [6.45, 7) is 7.10. The molecule has 0 aliphatic carbocycles. The van der Waals surface area contributed by atoms with E-state index in [1.54, 1.807) is 18.3 Å². The Bertz CT molecular complexity index is 967. The van der Waals surface area contributed by atoms with E-state index in [1.807, 2.05) is 24.9 Å². The molecular weight excluding hydrogens is 414 g/mol. The lowest BCUT2D eigenvalue weighted by molar-refractivity contribution is -0.139. The normalized spacial score (nSPS) is 23.4. The number of nitrogens with zero attached hydrogens (tertiary/aromatic N) is 4. The Morgan fingerprint density at radius 2 is 2.00 bits per heavy atom. The molecule has 0 spiro atoms. The van der Waals surface area contributed by atoms with Gasteiger partial charge in [-0.2, -0.15) is 0 Å². The summed E-state index contributed by atoms with van der Waals surface area (Å²) in [7, 11) is 1.87.